The van der Waals surface area contributed by atoms with E-state index in [0.29, 0.717) is 0 Å². The summed E-state index contributed by atoms with van der Waals surface area (Å²) in [5.41, 5.74) is 6.18. The van der Waals surface area contributed by atoms with Crippen LogP contribution in [0.25, 0.3) is 54.3 Å². The molecule has 6 rings (SSSR count). The first kappa shape index (κ1) is 17.2. The van der Waals surface area contributed by atoms with Crippen molar-refractivity contribution in [3.63, 3.8) is 0 Å². The predicted molar refractivity (Wildman–Crippen MR) is 129 cm³/mol. The minimum Gasteiger partial charge on any atom is -0.256 e. The number of fused-ring (bicyclic) bond motifs is 6. The first-order valence-electron chi connectivity index (χ1n) is 10.4. The van der Waals surface area contributed by atoms with Gasteiger partial charge in [-0.3, -0.25) is 4.98 Å². The molecule has 0 atom stereocenters. The van der Waals surface area contributed by atoms with Crippen molar-refractivity contribution in [1.29, 1.82) is 0 Å². The third kappa shape index (κ3) is 2.39. The highest BCUT2D eigenvalue weighted by molar-refractivity contribution is 6.17. The fourth-order valence-electron chi connectivity index (χ4n) is 4.91. The number of hydrogen-bond donors (Lipinski definition) is 0. The summed E-state index contributed by atoms with van der Waals surface area (Å²) >= 11 is 0. The van der Waals surface area contributed by atoms with Gasteiger partial charge in [0.05, 0.1) is 5.52 Å². The van der Waals surface area contributed by atoms with Crippen molar-refractivity contribution in [2.75, 3.05) is 0 Å². The lowest BCUT2D eigenvalue weighted by Gasteiger charge is -2.14. The zero-order chi connectivity index (χ0) is 20.2. The lowest BCUT2D eigenvalue weighted by atomic mass is 9.91. The van der Waals surface area contributed by atoms with Crippen molar-refractivity contribution in [2.24, 2.45) is 0 Å². The molecule has 0 aliphatic rings. The Balaban J connectivity index is 1.74. The Morgan fingerprint density at radius 2 is 1.10 bits per heavy atom. The molecule has 0 fully saturated rings. The van der Waals surface area contributed by atoms with Crippen molar-refractivity contribution in [3.8, 4) is 11.1 Å². The molecule has 0 amide bonds. The summed E-state index contributed by atoms with van der Waals surface area (Å²) in [4.78, 5) is 4.78. The van der Waals surface area contributed by atoms with Crippen LogP contribution in [-0.2, 0) is 0 Å². The van der Waals surface area contributed by atoms with Gasteiger partial charge in [-0.25, -0.2) is 0 Å². The number of hydrogen-bond acceptors (Lipinski definition) is 1. The Hall–Kier alpha value is -3.71. The quantitative estimate of drug-likeness (QED) is 0.262. The average Bonchev–Trinajstić information content (AvgIpc) is 2.79. The van der Waals surface area contributed by atoms with Crippen molar-refractivity contribution in [2.45, 2.75) is 13.8 Å². The highest BCUT2D eigenvalue weighted by atomic mass is 14.7. The van der Waals surface area contributed by atoms with Crippen LogP contribution in [0.1, 0.15) is 11.1 Å². The SMILES string of the molecule is Cc1cccc2c1ccc1c(-c3ccnc4c3cc(C)c3ccccc34)cccc12. The van der Waals surface area contributed by atoms with Crippen LogP contribution in [0.3, 0.4) is 0 Å². The smallest absolute Gasteiger partial charge is 0.0786 e. The fraction of sp³-hybridized carbons (Fsp3) is 0.0690. The molecule has 1 heterocycles. The van der Waals surface area contributed by atoms with E-state index in [-0.39, 0.29) is 0 Å². The molecule has 0 radical (unpaired) electrons. The molecule has 1 nitrogen and oxygen atoms in total. The van der Waals surface area contributed by atoms with E-state index in [2.05, 4.69) is 98.8 Å². The number of aromatic nitrogens is 1. The first-order chi connectivity index (χ1) is 14.7. The maximum Gasteiger partial charge on any atom is 0.0786 e. The normalized spacial score (nSPS) is 11.7. The fourth-order valence-corrected chi connectivity index (χ4v) is 4.91. The van der Waals surface area contributed by atoms with Gasteiger partial charge in [-0.05, 0) is 75.2 Å². The molecular weight excluding hydrogens is 362 g/mol. The Kier molecular flexibility index (Phi) is 3.66. The van der Waals surface area contributed by atoms with E-state index in [1.807, 2.05) is 6.20 Å². The minimum atomic E-state index is 1.07. The predicted octanol–water partition coefficient (Wildman–Crippen LogP) is 7.98. The van der Waals surface area contributed by atoms with Crippen LogP contribution in [0, 0.1) is 13.8 Å². The van der Waals surface area contributed by atoms with E-state index in [4.69, 9.17) is 4.98 Å². The number of benzene rings is 5. The van der Waals surface area contributed by atoms with Gasteiger partial charge >= 0.3 is 0 Å². The van der Waals surface area contributed by atoms with Gasteiger partial charge in [-0.2, -0.15) is 0 Å². The standard InChI is InChI=1S/C29H21N/c1-18-7-5-10-22-21(18)13-14-25-23(22)11-6-12-24(25)26-15-16-30-29-27-9-4-3-8-20(27)19(2)17-28(26)29/h3-17H,1-2H3. The maximum absolute atomic E-state index is 4.78. The van der Waals surface area contributed by atoms with Crippen LogP contribution in [0.4, 0.5) is 0 Å². The summed E-state index contributed by atoms with van der Waals surface area (Å²) in [6, 6.07) is 30.8. The summed E-state index contributed by atoms with van der Waals surface area (Å²) in [6.45, 7) is 4.38. The molecule has 0 aliphatic heterocycles. The molecule has 0 N–H and O–H groups in total. The van der Waals surface area contributed by atoms with Gasteiger partial charge in [0, 0.05) is 17.0 Å². The van der Waals surface area contributed by atoms with Crippen LogP contribution >= 0.6 is 0 Å². The summed E-state index contributed by atoms with van der Waals surface area (Å²) in [5, 5.41) is 8.93. The summed E-state index contributed by atoms with van der Waals surface area (Å²) in [7, 11) is 0. The van der Waals surface area contributed by atoms with E-state index in [1.54, 1.807) is 0 Å². The van der Waals surface area contributed by atoms with Crippen molar-refractivity contribution in [3.05, 3.63) is 102 Å². The number of pyridine rings is 1. The molecule has 1 heteroatoms. The van der Waals surface area contributed by atoms with E-state index in [0.717, 1.165) is 5.52 Å². The summed E-state index contributed by atoms with van der Waals surface area (Å²) in [6.07, 6.45) is 1.95. The van der Waals surface area contributed by atoms with E-state index >= 15 is 0 Å². The molecule has 0 saturated carbocycles. The molecule has 6 aromatic rings. The van der Waals surface area contributed by atoms with Gasteiger partial charge in [0.15, 0.2) is 0 Å². The minimum absolute atomic E-state index is 1.07. The Labute approximate surface area is 175 Å². The Morgan fingerprint density at radius 3 is 1.97 bits per heavy atom. The first-order valence-corrected chi connectivity index (χ1v) is 10.4. The third-order valence-electron chi connectivity index (χ3n) is 6.39. The zero-order valence-corrected chi connectivity index (χ0v) is 17.1. The molecule has 5 aromatic carbocycles. The molecule has 142 valence electrons. The topological polar surface area (TPSA) is 12.9 Å². The van der Waals surface area contributed by atoms with Gasteiger partial charge in [-0.1, -0.05) is 72.8 Å². The van der Waals surface area contributed by atoms with Crippen LogP contribution in [0.2, 0.25) is 0 Å². The van der Waals surface area contributed by atoms with Gasteiger partial charge in [0.2, 0.25) is 0 Å². The Bertz CT molecular complexity index is 1610. The zero-order valence-electron chi connectivity index (χ0n) is 17.1. The molecule has 0 aliphatic carbocycles. The molecule has 1 aromatic heterocycles. The second-order valence-electron chi connectivity index (χ2n) is 8.13. The molecule has 0 saturated heterocycles. The Morgan fingerprint density at radius 1 is 0.467 bits per heavy atom. The lowest BCUT2D eigenvalue weighted by molar-refractivity contribution is 1.42. The second-order valence-corrected chi connectivity index (χ2v) is 8.13. The van der Waals surface area contributed by atoms with Gasteiger partial charge < -0.3 is 0 Å². The number of nitrogens with zero attached hydrogens (tertiary/aromatic N) is 1. The average molecular weight is 383 g/mol. The molecular formula is C29H21N. The van der Waals surface area contributed by atoms with E-state index in [1.165, 1.54) is 60.0 Å². The van der Waals surface area contributed by atoms with Crippen LogP contribution in [0.5, 0.6) is 0 Å². The maximum atomic E-state index is 4.78. The van der Waals surface area contributed by atoms with Crippen molar-refractivity contribution >= 4 is 43.2 Å². The van der Waals surface area contributed by atoms with Crippen molar-refractivity contribution < 1.29 is 0 Å². The third-order valence-corrected chi connectivity index (χ3v) is 6.39. The van der Waals surface area contributed by atoms with Crippen LogP contribution in [0.15, 0.2) is 91.1 Å². The highest BCUT2D eigenvalue weighted by Gasteiger charge is 2.13. The van der Waals surface area contributed by atoms with Crippen LogP contribution < -0.4 is 0 Å². The van der Waals surface area contributed by atoms with Gasteiger partial charge in [-0.15, -0.1) is 0 Å². The monoisotopic (exact) mass is 383 g/mol. The van der Waals surface area contributed by atoms with Crippen molar-refractivity contribution in [1.82, 2.24) is 4.98 Å². The molecule has 0 spiro atoms. The largest absolute Gasteiger partial charge is 0.256 e. The lowest BCUT2D eigenvalue weighted by Crippen LogP contribution is -1.90. The number of rotatable bonds is 1. The van der Waals surface area contributed by atoms with E-state index in [9.17, 15) is 0 Å². The number of aryl methyl sites for hydroxylation is 2. The summed E-state index contributed by atoms with van der Waals surface area (Å²) < 4.78 is 0. The molecule has 0 bridgehead atoms. The van der Waals surface area contributed by atoms with Crippen LogP contribution in [-0.4, -0.2) is 4.98 Å². The second kappa shape index (κ2) is 6.40. The highest BCUT2D eigenvalue weighted by Crippen LogP contribution is 2.38. The van der Waals surface area contributed by atoms with Gasteiger partial charge in [0.1, 0.15) is 0 Å². The molecule has 0 unspecified atom stereocenters. The molecule has 30 heavy (non-hydrogen) atoms. The summed E-state index contributed by atoms with van der Waals surface area (Å²) in [5.74, 6) is 0. The van der Waals surface area contributed by atoms with E-state index < -0.39 is 0 Å². The van der Waals surface area contributed by atoms with Gasteiger partial charge in [0.25, 0.3) is 0 Å².